The largest absolute Gasteiger partial charge is 0.466 e. The highest BCUT2D eigenvalue weighted by Crippen LogP contribution is 2.41. The molecule has 0 rings (SSSR count). The predicted molar refractivity (Wildman–Crippen MR) is 215 cm³/mol. The van der Waals surface area contributed by atoms with Gasteiger partial charge < -0.3 is 23.1 Å². The molecule has 286 valence electrons. The van der Waals surface area contributed by atoms with Crippen LogP contribution in [0.25, 0.3) is 0 Å². The van der Waals surface area contributed by atoms with E-state index < -0.39 is 30.9 Å². The van der Waals surface area contributed by atoms with Gasteiger partial charge in [-0.3, -0.25) is 9.59 Å². The second kappa shape index (κ2) is 20.2. The van der Waals surface area contributed by atoms with Crippen LogP contribution in [0.15, 0.2) is 36.5 Å². The highest BCUT2D eigenvalue weighted by atomic mass is 28.4. The third kappa shape index (κ3) is 17.8. The van der Waals surface area contributed by atoms with Gasteiger partial charge in [-0.25, -0.2) is 0 Å². The molecule has 1 N–H and O–H groups in total. The summed E-state index contributed by atoms with van der Waals surface area (Å²) in [6, 6.07) is 0. The summed E-state index contributed by atoms with van der Waals surface area (Å²) >= 11 is 0. The summed E-state index contributed by atoms with van der Waals surface area (Å²) in [7, 11) is -6.42. The molecule has 0 aliphatic carbocycles. The van der Waals surface area contributed by atoms with E-state index in [4.69, 9.17) is 18.0 Å². The van der Waals surface area contributed by atoms with Gasteiger partial charge in [-0.15, -0.1) is 0 Å². The normalized spacial score (nSPS) is 16.8. The number of aliphatic hydroxyl groups excluding tert-OH is 1. The summed E-state index contributed by atoms with van der Waals surface area (Å²) in [4.78, 5) is 25.3. The Bertz CT molecular complexity index is 1090. The van der Waals surface area contributed by atoms with Crippen LogP contribution in [0.4, 0.5) is 0 Å². The second-order valence-corrected chi connectivity index (χ2v) is 32.5. The lowest BCUT2D eigenvalue weighted by Gasteiger charge is -2.42. The molecule has 0 radical (unpaired) electrons. The van der Waals surface area contributed by atoms with Crippen molar-refractivity contribution in [3.63, 3.8) is 0 Å². The molecule has 0 bridgehead atoms. The van der Waals surface area contributed by atoms with Crippen molar-refractivity contribution >= 4 is 36.7 Å². The summed E-state index contributed by atoms with van der Waals surface area (Å²) in [6.07, 6.45) is 13.7. The fourth-order valence-electron chi connectivity index (χ4n) is 4.41. The van der Waals surface area contributed by atoms with Gasteiger partial charge in [0, 0.05) is 6.42 Å². The molecule has 0 aliphatic heterocycles. The van der Waals surface area contributed by atoms with Gasteiger partial charge in [-0.1, -0.05) is 106 Å². The van der Waals surface area contributed by atoms with E-state index in [1.807, 2.05) is 6.08 Å². The summed E-state index contributed by atoms with van der Waals surface area (Å²) < 4.78 is 25.8. The molecule has 0 heterocycles. The van der Waals surface area contributed by atoms with E-state index in [1.165, 1.54) is 0 Å². The number of carbonyl (C=O) groups is 2. The fourth-order valence-corrected chi connectivity index (χ4v) is 8.50. The quantitative estimate of drug-likeness (QED) is 0.0412. The lowest BCUT2D eigenvalue weighted by Crippen LogP contribution is -2.47. The number of allylic oxidation sites excluding steroid dienone is 3. The Morgan fingerprint density at radius 2 is 1.18 bits per heavy atom. The minimum absolute atomic E-state index is 0.0132. The predicted octanol–water partition coefficient (Wildman–Crippen LogP) is 10.5. The van der Waals surface area contributed by atoms with Crippen LogP contribution in [-0.4, -0.2) is 73.3 Å². The number of hydrogen-bond acceptors (Lipinski definition) is 7. The molecule has 0 aromatic heterocycles. The molecular formula is C39H76O7Si3. The van der Waals surface area contributed by atoms with E-state index >= 15 is 0 Å². The number of ether oxygens (including phenoxy) is 1. The maximum atomic E-state index is 13.1. The first kappa shape index (κ1) is 47.9. The molecule has 0 aliphatic rings. The molecule has 0 saturated heterocycles. The third-order valence-electron chi connectivity index (χ3n) is 10.7. The Morgan fingerprint density at radius 3 is 1.65 bits per heavy atom. The highest BCUT2D eigenvalue weighted by Gasteiger charge is 2.43. The Hall–Kier alpha value is -1.15. The van der Waals surface area contributed by atoms with Crippen LogP contribution in [0.1, 0.15) is 108 Å². The van der Waals surface area contributed by atoms with Crippen LogP contribution in [0.3, 0.4) is 0 Å². The monoisotopic (exact) mass is 740 g/mol. The number of Topliss-reactive ketones (excluding diaryl/α,β-unsaturated/α-hetero) is 1. The van der Waals surface area contributed by atoms with Crippen LogP contribution in [0, 0.1) is 5.92 Å². The van der Waals surface area contributed by atoms with Crippen molar-refractivity contribution in [2.75, 3.05) is 13.2 Å². The Morgan fingerprint density at radius 1 is 0.694 bits per heavy atom. The molecule has 0 saturated carbocycles. The van der Waals surface area contributed by atoms with Crippen molar-refractivity contribution in [1.82, 2.24) is 0 Å². The van der Waals surface area contributed by atoms with Gasteiger partial charge in [0.1, 0.15) is 12.2 Å². The summed E-state index contributed by atoms with van der Waals surface area (Å²) in [5.74, 6) is -0.406. The lowest BCUT2D eigenvalue weighted by molar-refractivity contribution is -0.145. The molecule has 49 heavy (non-hydrogen) atoms. The molecule has 4 atom stereocenters. The molecule has 7 nitrogen and oxygen atoms in total. The number of carbonyl (C=O) groups excluding carboxylic acids is 2. The van der Waals surface area contributed by atoms with Crippen LogP contribution < -0.4 is 0 Å². The minimum atomic E-state index is -2.24. The number of aliphatic hydroxyl groups is 1. The lowest BCUT2D eigenvalue weighted by atomic mass is 10.00. The second-order valence-electron chi connectivity index (χ2n) is 18.2. The number of esters is 1. The Labute approximate surface area is 305 Å². The van der Waals surface area contributed by atoms with Crippen molar-refractivity contribution < 1.29 is 32.7 Å². The number of hydrogen-bond donors (Lipinski definition) is 1. The van der Waals surface area contributed by atoms with Gasteiger partial charge in [0.25, 0.3) is 0 Å². The van der Waals surface area contributed by atoms with Gasteiger partial charge in [0.05, 0.1) is 31.5 Å². The van der Waals surface area contributed by atoms with Crippen molar-refractivity contribution in [1.29, 1.82) is 0 Å². The van der Waals surface area contributed by atoms with Gasteiger partial charge in [0.15, 0.2) is 25.0 Å². The van der Waals surface area contributed by atoms with Gasteiger partial charge >= 0.3 is 5.97 Å². The van der Waals surface area contributed by atoms with E-state index in [0.717, 1.165) is 6.42 Å². The molecule has 0 aromatic carbocycles. The standard InChI is InChI=1S/C39H76O7Si3/c1-18-43-36(42)29-32(41)28-34(45-48(14,15)38(6,7)8)30-33(44-47(12,13)37(3,4)5)25-20-19-21-26-35(31(2)24-22-23-27-40)46-49(16,17)39(9,10)11/h19-23,26,31,33-35,40H,18,24-25,27-30H2,1-17H3/b20-19+,23-22+,26-21-/t31-,33+,34+,35+/m0/s1. The summed E-state index contributed by atoms with van der Waals surface area (Å²) in [6.45, 7) is 37.8. The van der Waals surface area contributed by atoms with E-state index in [9.17, 15) is 14.7 Å². The highest BCUT2D eigenvalue weighted by molar-refractivity contribution is 6.75. The smallest absolute Gasteiger partial charge is 0.313 e. The number of ketones is 1. The first-order valence-corrected chi connectivity index (χ1v) is 27.1. The summed E-state index contributed by atoms with van der Waals surface area (Å²) in [5.41, 5.74) is 0. The zero-order valence-electron chi connectivity index (χ0n) is 34.6. The Balaban J connectivity index is 6.39. The van der Waals surface area contributed by atoms with Crippen LogP contribution in [0.2, 0.25) is 54.4 Å². The van der Waals surface area contributed by atoms with Gasteiger partial charge in [-0.2, -0.15) is 0 Å². The molecule has 0 unspecified atom stereocenters. The molecule has 0 fully saturated rings. The van der Waals surface area contributed by atoms with Crippen molar-refractivity contribution in [3.8, 4) is 0 Å². The first-order valence-electron chi connectivity index (χ1n) is 18.4. The Kier molecular flexibility index (Phi) is 19.7. The molecule has 0 spiro atoms. The zero-order chi connectivity index (χ0) is 38.5. The molecular weight excluding hydrogens is 665 g/mol. The molecule has 0 aromatic rings. The maximum absolute atomic E-state index is 13.1. The van der Waals surface area contributed by atoms with E-state index in [2.05, 4.69) is 133 Å². The average Bonchev–Trinajstić information content (AvgIpc) is 2.89. The van der Waals surface area contributed by atoms with E-state index in [1.54, 1.807) is 13.0 Å². The SMILES string of the molecule is CCOC(=O)CC(=O)C[C@H](C[C@@H](C/C=C/C=C\[C@@H](O[Si](C)(C)C(C)(C)C)[C@@H](C)C/C=C/CO)O[Si](C)(C)C(C)(C)C)O[Si](C)(C)C(C)(C)C. The van der Waals surface area contributed by atoms with Crippen molar-refractivity contribution in [2.24, 2.45) is 5.92 Å². The molecule has 0 amide bonds. The van der Waals surface area contributed by atoms with Crippen LogP contribution in [-0.2, 0) is 27.6 Å². The fraction of sp³-hybridized carbons (Fsp3) is 0.795. The van der Waals surface area contributed by atoms with Crippen LogP contribution in [0.5, 0.6) is 0 Å². The van der Waals surface area contributed by atoms with Gasteiger partial charge in [-0.05, 0) is 86.5 Å². The first-order chi connectivity index (χ1) is 22.1. The van der Waals surface area contributed by atoms with E-state index in [-0.39, 0.29) is 71.2 Å². The van der Waals surface area contributed by atoms with Crippen LogP contribution >= 0.6 is 0 Å². The molecule has 10 heteroatoms. The maximum Gasteiger partial charge on any atom is 0.313 e. The van der Waals surface area contributed by atoms with E-state index in [0.29, 0.717) is 12.8 Å². The number of rotatable bonds is 21. The van der Waals surface area contributed by atoms with Crippen molar-refractivity contribution in [3.05, 3.63) is 36.5 Å². The van der Waals surface area contributed by atoms with Crippen molar-refractivity contribution in [2.45, 2.75) is 181 Å². The minimum Gasteiger partial charge on any atom is -0.466 e. The zero-order valence-corrected chi connectivity index (χ0v) is 37.6. The topological polar surface area (TPSA) is 91.3 Å². The third-order valence-corrected chi connectivity index (χ3v) is 24.2. The van der Waals surface area contributed by atoms with Gasteiger partial charge in [0.2, 0.25) is 0 Å². The average molecular weight is 741 g/mol. The summed E-state index contributed by atoms with van der Waals surface area (Å²) in [5, 5.41) is 9.29.